The van der Waals surface area contributed by atoms with Crippen molar-refractivity contribution in [1.29, 1.82) is 0 Å². The zero-order chi connectivity index (χ0) is 22.2. The number of para-hydroxylation sites is 1. The average molecular weight is 422 g/mol. The number of ether oxygens (including phenoxy) is 3. The number of benzene rings is 3. The molecule has 5 heteroatoms. The molecule has 0 radical (unpaired) electrons. The molecule has 162 valence electrons. The normalized spacial score (nSPS) is 11.6. The number of carbonyl (C=O) groups is 1. The second-order valence-electron chi connectivity index (χ2n) is 7.29. The average Bonchev–Trinajstić information content (AvgIpc) is 2.78. The predicted molar refractivity (Wildman–Crippen MR) is 119 cm³/mol. The molecular formula is C26H27FO4. The first kappa shape index (κ1) is 22.3. The Morgan fingerprint density at radius 1 is 0.968 bits per heavy atom. The Bertz CT molecular complexity index is 1020. The highest BCUT2D eigenvalue weighted by Gasteiger charge is 2.24. The lowest BCUT2D eigenvalue weighted by Crippen LogP contribution is -2.14. The number of hydrogen-bond acceptors (Lipinski definition) is 4. The summed E-state index contributed by atoms with van der Waals surface area (Å²) in [6.07, 6.45) is 1.20. The van der Waals surface area contributed by atoms with E-state index in [-0.39, 0.29) is 5.78 Å². The summed E-state index contributed by atoms with van der Waals surface area (Å²) in [4.78, 5) is 12.7. The Balaban J connectivity index is 2.00. The molecule has 3 aromatic rings. The standard InChI is InChI=1S/C26H27FO4/c1-4-14-30-25-13-11-22(29-3)15-19(25)16-23(18(2)28)24-17-20(27)10-12-26(24)31-21-8-6-5-7-9-21/h5-13,15,17,23H,4,14,16H2,1-3H3. The molecule has 4 nitrogen and oxygen atoms in total. The summed E-state index contributed by atoms with van der Waals surface area (Å²) in [5.74, 6) is 1.31. The van der Waals surface area contributed by atoms with Gasteiger partial charge in [0.05, 0.1) is 19.6 Å². The van der Waals surface area contributed by atoms with Gasteiger partial charge in [0.2, 0.25) is 0 Å². The maximum Gasteiger partial charge on any atom is 0.137 e. The molecule has 0 amide bonds. The molecule has 0 aliphatic rings. The number of carbonyl (C=O) groups excluding carboxylic acids is 1. The monoisotopic (exact) mass is 422 g/mol. The number of Topliss-reactive ketones (excluding diaryl/α,β-unsaturated/α-hetero) is 1. The first-order chi connectivity index (χ1) is 15.0. The molecular weight excluding hydrogens is 395 g/mol. The third kappa shape index (κ3) is 5.85. The summed E-state index contributed by atoms with van der Waals surface area (Å²) in [5, 5.41) is 0. The van der Waals surface area contributed by atoms with E-state index in [4.69, 9.17) is 14.2 Å². The molecule has 3 aromatic carbocycles. The summed E-state index contributed by atoms with van der Waals surface area (Å²) in [6.45, 7) is 4.10. The fourth-order valence-corrected chi connectivity index (χ4v) is 3.39. The van der Waals surface area contributed by atoms with Crippen molar-refractivity contribution in [3.8, 4) is 23.0 Å². The second kappa shape index (κ2) is 10.6. The molecule has 31 heavy (non-hydrogen) atoms. The zero-order valence-corrected chi connectivity index (χ0v) is 18.1. The lowest BCUT2D eigenvalue weighted by Gasteiger charge is -2.21. The van der Waals surface area contributed by atoms with Crippen LogP contribution in [-0.4, -0.2) is 19.5 Å². The van der Waals surface area contributed by atoms with Gasteiger partial charge in [-0.15, -0.1) is 0 Å². The van der Waals surface area contributed by atoms with E-state index in [0.717, 1.165) is 12.0 Å². The smallest absolute Gasteiger partial charge is 0.137 e. The highest BCUT2D eigenvalue weighted by Crippen LogP contribution is 2.36. The van der Waals surface area contributed by atoms with Gasteiger partial charge in [0.1, 0.15) is 34.6 Å². The van der Waals surface area contributed by atoms with E-state index >= 15 is 0 Å². The van der Waals surface area contributed by atoms with E-state index in [0.29, 0.717) is 41.6 Å². The van der Waals surface area contributed by atoms with Gasteiger partial charge in [-0.3, -0.25) is 4.79 Å². The lowest BCUT2D eigenvalue weighted by molar-refractivity contribution is -0.118. The van der Waals surface area contributed by atoms with Crippen molar-refractivity contribution in [3.05, 3.63) is 83.7 Å². The zero-order valence-electron chi connectivity index (χ0n) is 18.1. The highest BCUT2D eigenvalue weighted by atomic mass is 19.1. The number of methoxy groups -OCH3 is 1. The van der Waals surface area contributed by atoms with Gasteiger partial charge < -0.3 is 14.2 Å². The predicted octanol–water partition coefficient (Wildman–Crippen LogP) is 6.33. The van der Waals surface area contributed by atoms with Crippen LogP contribution in [0.4, 0.5) is 4.39 Å². The maximum atomic E-state index is 14.2. The third-order valence-corrected chi connectivity index (χ3v) is 4.96. The maximum absolute atomic E-state index is 14.2. The Labute approximate surface area is 182 Å². The van der Waals surface area contributed by atoms with Crippen LogP contribution < -0.4 is 14.2 Å². The molecule has 0 aromatic heterocycles. The molecule has 1 atom stereocenters. The molecule has 0 aliphatic heterocycles. The fraction of sp³-hybridized carbons (Fsp3) is 0.269. The summed E-state index contributed by atoms with van der Waals surface area (Å²) in [6, 6.07) is 19.0. The van der Waals surface area contributed by atoms with Crippen LogP contribution in [0.5, 0.6) is 23.0 Å². The topological polar surface area (TPSA) is 44.8 Å². The van der Waals surface area contributed by atoms with Crippen LogP contribution in [0.3, 0.4) is 0 Å². The summed E-state index contributed by atoms with van der Waals surface area (Å²) >= 11 is 0. The van der Waals surface area contributed by atoms with Crippen LogP contribution in [0, 0.1) is 5.82 Å². The minimum absolute atomic E-state index is 0.0900. The van der Waals surface area contributed by atoms with Crippen LogP contribution in [0.1, 0.15) is 37.3 Å². The largest absolute Gasteiger partial charge is 0.497 e. The van der Waals surface area contributed by atoms with Crippen LogP contribution in [0.15, 0.2) is 66.7 Å². The van der Waals surface area contributed by atoms with E-state index < -0.39 is 11.7 Å². The minimum atomic E-state index is -0.606. The van der Waals surface area contributed by atoms with Crippen LogP contribution in [0.25, 0.3) is 0 Å². The van der Waals surface area contributed by atoms with Gasteiger partial charge in [-0.2, -0.15) is 0 Å². The van der Waals surface area contributed by atoms with Crippen molar-refractivity contribution in [3.63, 3.8) is 0 Å². The van der Waals surface area contributed by atoms with Gasteiger partial charge in [0, 0.05) is 5.56 Å². The van der Waals surface area contributed by atoms with Gasteiger partial charge in [0.15, 0.2) is 0 Å². The number of halogens is 1. The van der Waals surface area contributed by atoms with Gasteiger partial charge in [-0.05, 0) is 73.9 Å². The van der Waals surface area contributed by atoms with Crippen molar-refractivity contribution >= 4 is 5.78 Å². The molecule has 3 rings (SSSR count). The Hall–Kier alpha value is -3.34. The molecule has 0 aliphatic carbocycles. The molecule has 0 bridgehead atoms. The van der Waals surface area contributed by atoms with Crippen molar-refractivity contribution in [2.75, 3.05) is 13.7 Å². The Morgan fingerprint density at radius 3 is 2.39 bits per heavy atom. The number of rotatable bonds is 10. The number of hydrogen-bond donors (Lipinski definition) is 0. The Kier molecular flexibility index (Phi) is 7.65. The van der Waals surface area contributed by atoms with Gasteiger partial charge in [-0.25, -0.2) is 4.39 Å². The van der Waals surface area contributed by atoms with Crippen molar-refractivity contribution < 1.29 is 23.4 Å². The van der Waals surface area contributed by atoms with Gasteiger partial charge >= 0.3 is 0 Å². The second-order valence-corrected chi connectivity index (χ2v) is 7.29. The third-order valence-electron chi connectivity index (χ3n) is 4.96. The van der Waals surface area contributed by atoms with Crippen LogP contribution in [-0.2, 0) is 11.2 Å². The van der Waals surface area contributed by atoms with E-state index in [9.17, 15) is 9.18 Å². The van der Waals surface area contributed by atoms with Crippen LogP contribution in [0.2, 0.25) is 0 Å². The summed E-state index contributed by atoms with van der Waals surface area (Å²) < 4.78 is 31.4. The van der Waals surface area contributed by atoms with Gasteiger partial charge in [-0.1, -0.05) is 25.1 Å². The highest BCUT2D eigenvalue weighted by molar-refractivity contribution is 5.84. The first-order valence-electron chi connectivity index (χ1n) is 10.3. The van der Waals surface area contributed by atoms with E-state index in [1.807, 2.05) is 55.5 Å². The molecule has 0 saturated carbocycles. The minimum Gasteiger partial charge on any atom is -0.497 e. The summed E-state index contributed by atoms with van der Waals surface area (Å²) in [5.41, 5.74) is 1.32. The van der Waals surface area contributed by atoms with Crippen molar-refractivity contribution in [1.82, 2.24) is 0 Å². The molecule has 0 heterocycles. The first-order valence-corrected chi connectivity index (χ1v) is 10.3. The molecule has 0 N–H and O–H groups in total. The Morgan fingerprint density at radius 2 is 1.71 bits per heavy atom. The fourth-order valence-electron chi connectivity index (χ4n) is 3.39. The number of ketones is 1. The SMILES string of the molecule is CCCOc1ccc(OC)cc1CC(C(C)=O)c1cc(F)ccc1Oc1ccccc1. The van der Waals surface area contributed by atoms with Crippen molar-refractivity contribution in [2.45, 2.75) is 32.6 Å². The quantitative estimate of drug-likeness (QED) is 0.383. The van der Waals surface area contributed by atoms with E-state index in [1.165, 1.54) is 19.1 Å². The molecule has 0 spiro atoms. The molecule has 0 saturated heterocycles. The van der Waals surface area contributed by atoms with Crippen LogP contribution >= 0.6 is 0 Å². The summed E-state index contributed by atoms with van der Waals surface area (Å²) in [7, 11) is 1.59. The lowest BCUT2D eigenvalue weighted by atomic mass is 9.88. The molecule has 0 fully saturated rings. The molecule has 1 unspecified atom stereocenters. The van der Waals surface area contributed by atoms with E-state index in [1.54, 1.807) is 13.2 Å². The van der Waals surface area contributed by atoms with Crippen molar-refractivity contribution in [2.24, 2.45) is 0 Å². The van der Waals surface area contributed by atoms with E-state index in [2.05, 4.69) is 0 Å². The van der Waals surface area contributed by atoms with Gasteiger partial charge in [0.25, 0.3) is 0 Å².